The summed E-state index contributed by atoms with van der Waals surface area (Å²) in [6, 6.07) is 0.0453. The molecule has 8 heteroatoms. The van der Waals surface area contributed by atoms with Gasteiger partial charge < -0.3 is 10.1 Å². The number of thiophene rings is 1. The summed E-state index contributed by atoms with van der Waals surface area (Å²) < 4.78 is 6.94. The van der Waals surface area contributed by atoms with Gasteiger partial charge in [0.25, 0.3) is 5.56 Å². The lowest BCUT2D eigenvalue weighted by molar-refractivity contribution is -0.122. The Morgan fingerprint density at radius 3 is 2.75 bits per heavy atom. The molecule has 0 bridgehead atoms. The van der Waals surface area contributed by atoms with Crippen molar-refractivity contribution in [1.29, 1.82) is 0 Å². The maximum atomic E-state index is 12.9. The molecule has 2 aromatic rings. The normalized spacial score (nSPS) is 16.1. The molecule has 0 spiro atoms. The van der Waals surface area contributed by atoms with Crippen molar-refractivity contribution in [2.24, 2.45) is 0 Å². The Morgan fingerprint density at radius 1 is 1.36 bits per heavy atom. The number of esters is 1. The van der Waals surface area contributed by atoms with Crippen LogP contribution in [-0.4, -0.2) is 33.6 Å². The van der Waals surface area contributed by atoms with E-state index in [-0.39, 0.29) is 36.1 Å². The van der Waals surface area contributed by atoms with Gasteiger partial charge in [0.15, 0.2) is 0 Å². The topological polar surface area (TPSA) is 90.3 Å². The fourth-order valence-corrected chi connectivity index (χ4v) is 4.45. The van der Waals surface area contributed by atoms with Crippen molar-refractivity contribution in [3.05, 3.63) is 27.1 Å². The van der Waals surface area contributed by atoms with Gasteiger partial charge in [-0.05, 0) is 51.5 Å². The second-order valence-electron chi connectivity index (χ2n) is 7.46. The van der Waals surface area contributed by atoms with Crippen molar-refractivity contribution in [2.45, 2.75) is 78.0 Å². The molecule has 0 radical (unpaired) electrons. The number of ether oxygens (including phenoxy) is 1. The molecule has 2 heterocycles. The van der Waals surface area contributed by atoms with Gasteiger partial charge in [0.2, 0.25) is 5.91 Å². The van der Waals surface area contributed by atoms with Crippen molar-refractivity contribution >= 4 is 33.4 Å². The van der Waals surface area contributed by atoms with Crippen molar-refractivity contribution in [2.75, 3.05) is 0 Å². The molecule has 1 amide bonds. The molecule has 0 aliphatic heterocycles. The van der Waals surface area contributed by atoms with Crippen LogP contribution in [0.5, 0.6) is 0 Å². The second-order valence-corrected chi connectivity index (χ2v) is 8.46. The molecule has 0 aromatic carbocycles. The van der Waals surface area contributed by atoms with Gasteiger partial charge in [-0.2, -0.15) is 0 Å². The zero-order valence-electron chi connectivity index (χ0n) is 16.6. The summed E-state index contributed by atoms with van der Waals surface area (Å²) in [5, 5.41) is 3.23. The summed E-state index contributed by atoms with van der Waals surface area (Å²) in [5.41, 5.74) is 0.268. The molecular formula is C20H27N3O4S. The first-order valence-corrected chi connectivity index (χ1v) is 10.7. The Hall–Kier alpha value is -2.22. The zero-order valence-corrected chi connectivity index (χ0v) is 17.4. The van der Waals surface area contributed by atoms with Gasteiger partial charge in [-0.25, -0.2) is 9.78 Å². The molecule has 1 aliphatic rings. The fraction of sp³-hybridized carbons (Fsp3) is 0.600. The molecule has 1 fully saturated rings. The van der Waals surface area contributed by atoms with E-state index < -0.39 is 0 Å². The minimum Gasteiger partial charge on any atom is -0.458 e. The lowest BCUT2D eigenvalue weighted by Crippen LogP contribution is -2.37. The van der Waals surface area contributed by atoms with Crippen LogP contribution in [0.2, 0.25) is 0 Å². The van der Waals surface area contributed by atoms with Crippen LogP contribution < -0.4 is 10.9 Å². The Bertz CT molecular complexity index is 927. The number of rotatable bonds is 6. The number of fused-ring (bicyclic) bond motifs is 1. The molecule has 1 N–H and O–H groups in total. The number of aromatic nitrogens is 2. The van der Waals surface area contributed by atoms with Gasteiger partial charge in [0, 0.05) is 6.04 Å². The maximum Gasteiger partial charge on any atom is 0.348 e. The van der Waals surface area contributed by atoms with Crippen molar-refractivity contribution in [1.82, 2.24) is 14.9 Å². The highest BCUT2D eigenvalue weighted by Crippen LogP contribution is 2.29. The van der Waals surface area contributed by atoms with E-state index in [9.17, 15) is 14.4 Å². The molecule has 1 atom stereocenters. The molecule has 0 saturated heterocycles. The van der Waals surface area contributed by atoms with Crippen LogP contribution in [0.3, 0.4) is 0 Å². The number of amides is 1. The highest BCUT2D eigenvalue weighted by Gasteiger charge is 2.24. The number of nitrogens with one attached hydrogen (secondary N) is 1. The summed E-state index contributed by atoms with van der Waals surface area (Å²) in [5.74, 6) is -0.615. The third-order valence-electron chi connectivity index (χ3n) is 5.26. The highest BCUT2D eigenvalue weighted by molar-refractivity contribution is 7.20. The quantitative estimate of drug-likeness (QED) is 0.746. The maximum absolute atomic E-state index is 12.9. The summed E-state index contributed by atoms with van der Waals surface area (Å²) >= 11 is 1.18. The van der Waals surface area contributed by atoms with Crippen LogP contribution >= 0.6 is 11.3 Å². The molecule has 28 heavy (non-hydrogen) atoms. The summed E-state index contributed by atoms with van der Waals surface area (Å²) in [6.45, 7) is 5.54. The fourth-order valence-electron chi connectivity index (χ4n) is 3.43. The van der Waals surface area contributed by atoms with E-state index in [1.807, 2.05) is 13.8 Å². The predicted molar refractivity (Wildman–Crippen MR) is 109 cm³/mol. The van der Waals surface area contributed by atoms with Crippen molar-refractivity contribution in [3.63, 3.8) is 0 Å². The zero-order chi connectivity index (χ0) is 20.3. The van der Waals surface area contributed by atoms with Crippen LogP contribution in [-0.2, 0) is 16.1 Å². The van der Waals surface area contributed by atoms with E-state index in [0.29, 0.717) is 20.7 Å². The molecule has 3 rings (SSSR count). The molecule has 152 valence electrons. The number of hydrogen-bond donors (Lipinski definition) is 1. The van der Waals surface area contributed by atoms with Crippen molar-refractivity contribution in [3.8, 4) is 0 Å². The third kappa shape index (κ3) is 4.43. The SMILES string of the molecule is CCC(C)NC(=O)Cn1cnc2sc(C(=O)OC3CCCCC3)c(C)c2c1=O. The lowest BCUT2D eigenvalue weighted by atomic mass is 9.98. The van der Waals surface area contributed by atoms with Crippen molar-refractivity contribution < 1.29 is 14.3 Å². The molecular weight excluding hydrogens is 378 g/mol. The molecule has 7 nitrogen and oxygen atoms in total. The lowest BCUT2D eigenvalue weighted by Gasteiger charge is -2.21. The Labute approximate surface area is 168 Å². The smallest absolute Gasteiger partial charge is 0.348 e. The first kappa shape index (κ1) is 20.5. The van der Waals surface area contributed by atoms with E-state index in [4.69, 9.17) is 4.74 Å². The van der Waals surface area contributed by atoms with E-state index in [2.05, 4.69) is 10.3 Å². The Balaban J connectivity index is 1.83. The second kappa shape index (κ2) is 8.86. The first-order valence-electron chi connectivity index (χ1n) is 9.89. The van der Waals surface area contributed by atoms with Crippen LogP contribution in [0.25, 0.3) is 10.2 Å². The van der Waals surface area contributed by atoms with E-state index >= 15 is 0 Å². The summed E-state index contributed by atoms with van der Waals surface area (Å²) in [4.78, 5) is 42.8. The number of nitrogens with zero attached hydrogens (tertiary/aromatic N) is 2. The van der Waals surface area contributed by atoms with Gasteiger partial charge in [0.1, 0.15) is 22.4 Å². The summed E-state index contributed by atoms with van der Waals surface area (Å²) in [6.07, 6.45) is 7.27. The highest BCUT2D eigenvalue weighted by atomic mass is 32.1. The van der Waals surface area contributed by atoms with Gasteiger partial charge >= 0.3 is 5.97 Å². The minimum absolute atomic E-state index is 0.0419. The molecule has 1 aliphatic carbocycles. The average Bonchev–Trinajstić information content (AvgIpc) is 3.02. The standard InChI is InChI=1S/C20H27N3O4S/c1-4-12(2)22-15(24)10-23-11-21-18-16(19(23)25)13(3)17(28-18)20(26)27-14-8-6-5-7-9-14/h11-12,14H,4-10H2,1-3H3,(H,22,24). The molecule has 1 unspecified atom stereocenters. The van der Waals surface area contributed by atoms with E-state index in [1.54, 1.807) is 6.92 Å². The van der Waals surface area contributed by atoms with Crippen LogP contribution in [0.1, 0.15) is 67.6 Å². The number of carbonyl (C=O) groups is 2. The van der Waals surface area contributed by atoms with Crippen LogP contribution in [0.15, 0.2) is 11.1 Å². The Kier molecular flexibility index (Phi) is 6.49. The number of hydrogen-bond acceptors (Lipinski definition) is 6. The van der Waals surface area contributed by atoms with Crippen LogP contribution in [0.4, 0.5) is 0 Å². The largest absolute Gasteiger partial charge is 0.458 e. The number of aryl methyl sites for hydroxylation is 1. The van der Waals surface area contributed by atoms with Gasteiger partial charge in [0.05, 0.1) is 11.7 Å². The molecule has 2 aromatic heterocycles. The van der Waals surface area contributed by atoms with Crippen LogP contribution in [0, 0.1) is 6.92 Å². The van der Waals surface area contributed by atoms with Gasteiger partial charge in [-0.3, -0.25) is 14.2 Å². The average molecular weight is 406 g/mol. The Morgan fingerprint density at radius 2 is 2.07 bits per heavy atom. The van der Waals surface area contributed by atoms with Gasteiger partial charge in [-0.15, -0.1) is 11.3 Å². The van der Waals surface area contributed by atoms with Gasteiger partial charge in [-0.1, -0.05) is 13.3 Å². The third-order valence-corrected chi connectivity index (χ3v) is 6.44. The summed E-state index contributed by atoms with van der Waals surface area (Å²) in [7, 11) is 0. The monoisotopic (exact) mass is 405 g/mol. The molecule has 1 saturated carbocycles. The van der Waals surface area contributed by atoms with E-state index in [1.165, 1.54) is 28.7 Å². The first-order chi connectivity index (χ1) is 13.4. The minimum atomic E-state index is -0.382. The predicted octanol–water partition coefficient (Wildman–Crippen LogP) is 3.17. The number of carbonyl (C=O) groups excluding carboxylic acids is 2. The van der Waals surface area contributed by atoms with E-state index in [0.717, 1.165) is 32.1 Å².